The number of hydrogen-bond acceptors (Lipinski definition) is 3. The predicted molar refractivity (Wildman–Crippen MR) is 53.9 cm³/mol. The quantitative estimate of drug-likeness (QED) is 0.674. The molecule has 0 aromatic heterocycles. The summed E-state index contributed by atoms with van der Waals surface area (Å²) < 4.78 is 0. The van der Waals surface area contributed by atoms with E-state index in [9.17, 15) is 15.0 Å². The van der Waals surface area contributed by atoms with E-state index in [2.05, 4.69) is 0 Å². The lowest BCUT2D eigenvalue weighted by molar-refractivity contribution is 0.112. The molecule has 0 aliphatic rings. The van der Waals surface area contributed by atoms with Crippen LogP contribution in [0.25, 0.3) is 0 Å². The number of carbonyl (C=O) groups is 1. The first kappa shape index (κ1) is 10.6. The van der Waals surface area contributed by atoms with Crippen molar-refractivity contribution >= 4 is 6.29 Å². The first-order valence-electron chi connectivity index (χ1n) is 4.38. The summed E-state index contributed by atoms with van der Waals surface area (Å²) in [7, 11) is 0. The second kappa shape index (κ2) is 3.33. The zero-order valence-corrected chi connectivity index (χ0v) is 8.53. The first-order valence-corrected chi connectivity index (χ1v) is 4.38. The minimum absolute atomic E-state index is 0.0144. The molecule has 0 heterocycles. The Morgan fingerprint density at radius 2 is 1.71 bits per heavy atom. The highest BCUT2D eigenvalue weighted by Gasteiger charge is 2.19. The Balaban J connectivity index is 3.39. The smallest absolute Gasteiger partial charge is 0.153 e. The lowest BCUT2D eigenvalue weighted by Gasteiger charge is -2.20. The van der Waals surface area contributed by atoms with Crippen LogP contribution in [0.15, 0.2) is 12.1 Å². The van der Waals surface area contributed by atoms with Gasteiger partial charge in [0.1, 0.15) is 11.5 Å². The van der Waals surface area contributed by atoms with Crippen LogP contribution in [0.2, 0.25) is 0 Å². The summed E-state index contributed by atoms with van der Waals surface area (Å²) in [5, 5.41) is 18.9. The van der Waals surface area contributed by atoms with Gasteiger partial charge in [0.25, 0.3) is 0 Å². The van der Waals surface area contributed by atoms with Gasteiger partial charge < -0.3 is 10.2 Å². The van der Waals surface area contributed by atoms with Crippen molar-refractivity contribution in [3.63, 3.8) is 0 Å². The zero-order valence-electron chi connectivity index (χ0n) is 8.53. The van der Waals surface area contributed by atoms with Crippen LogP contribution in [0.4, 0.5) is 0 Å². The number of aldehydes is 1. The Morgan fingerprint density at radius 1 is 1.14 bits per heavy atom. The van der Waals surface area contributed by atoms with Crippen molar-refractivity contribution in [2.45, 2.75) is 26.2 Å². The molecule has 1 aromatic carbocycles. The van der Waals surface area contributed by atoms with Gasteiger partial charge in [0.15, 0.2) is 6.29 Å². The van der Waals surface area contributed by atoms with Crippen LogP contribution in [0.5, 0.6) is 11.5 Å². The van der Waals surface area contributed by atoms with Crippen molar-refractivity contribution in [3.05, 3.63) is 23.3 Å². The Labute approximate surface area is 83.0 Å². The van der Waals surface area contributed by atoms with Gasteiger partial charge in [-0.05, 0) is 11.5 Å². The molecular weight excluding hydrogens is 180 g/mol. The largest absolute Gasteiger partial charge is 0.508 e. The third-order valence-electron chi connectivity index (χ3n) is 2.08. The average molecular weight is 194 g/mol. The second-order valence-electron chi connectivity index (χ2n) is 4.30. The van der Waals surface area contributed by atoms with E-state index in [0.717, 1.165) is 0 Å². The van der Waals surface area contributed by atoms with Crippen LogP contribution in [0.1, 0.15) is 36.7 Å². The summed E-state index contributed by atoms with van der Waals surface area (Å²) in [6, 6.07) is 2.71. The monoisotopic (exact) mass is 194 g/mol. The van der Waals surface area contributed by atoms with Crippen molar-refractivity contribution in [2.75, 3.05) is 0 Å². The maximum Gasteiger partial charge on any atom is 0.153 e. The maximum atomic E-state index is 10.6. The fourth-order valence-corrected chi connectivity index (χ4v) is 1.29. The second-order valence-corrected chi connectivity index (χ2v) is 4.30. The van der Waals surface area contributed by atoms with Crippen LogP contribution in [-0.4, -0.2) is 16.5 Å². The van der Waals surface area contributed by atoms with Crippen LogP contribution >= 0.6 is 0 Å². The van der Waals surface area contributed by atoms with E-state index in [4.69, 9.17) is 0 Å². The molecule has 3 heteroatoms. The van der Waals surface area contributed by atoms with Gasteiger partial charge in [-0.1, -0.05) is 20.8 Å². The van der Waals surface area contributed by atoms with E-state index in [1.165, 1.54) is 12.1 Å². The van der Waals surface area contributed by atoms with Crippen molar-refractivity contribution in [1.29, 1.82) is 0 Å². The normalized spacial score (nSPS) is 11.4. The molecule has 0 aliphatic carbocycles. The number of rotatable bonds is 1. The average Bonchev–Trinajstić information content (AvgIpc) is 2.02. The fraction of sp³-hybridized carbons (Fsp3) is 0.364. The molecule has 0 fully saturated rings. The van der Waals surface area contributed by atoms with E-state index >= 15 is 0 Å². The molecule has 0 amide bonds. The van der Waals surface area contributed by atoms with Crippen LogP contribution in [0, 0.1) is 0 Å². The molecular formula is C11H14O3. The highest BCUT2D eigenvalue weighted by Crippen LogP contribution is 2.34. The minimum Gasteiger partial charge on any atom is -0.508 e. The molecule has 14 heavy (non-hydrogen) atoms. The number of carbonyl (C=O) groups excluding carboxylic acids is 1. The Hall–Kier alpha value is -1.51. The molecule has 76 valence electrons. The maximum absolute atomic E-state index is 10.6. The van der Waals surface area contributed by atoms with Crippen LogP contribution in [0.3, 0.4) is 0 Å². The molecule has 2 N–H and O–H groups in total. The molecule has 0 bridgehead atoms. The number of aromatic hydroxyl groups is 2. The minimum atomic E-state index is -0.254. The lowest BCUT2D eigenvalue weighted by Crippen LogP contribution is -2.11. The third-order valence-corrected chi connectivity index (χ3v) is 2.08. The Bertz CT molecular complexity index is 362. The van der Waals surface area contributed by atoms with Gasteiger partial charge in [0.2, 0.25) is 0 Å². The third kappa shape index (κ3) is 1.87. The van der Waals surface area contributed by atoms with E-state index < -0.39 is 0 Å². The molecule has 0 radical (unpaired) electrons. The van der Waals surface area contributed by atoms with E-state index in [1.54, 1.807) is 0 Å². The summed E-state index contributed by atoms with van der Waals surface area (Å²) in [6.07, 6.45) is 0.573. The van der Waals surface area contributed by atoms with Gasteiger partial charge in [0, 0.05) is 11.6 Å². The van der Waals surface area contributed by atoms with Gasteiger partial charge in [-0.15, -0.1) is 0 Å². The van der Waals surface area contributed by atoms with Gasteiger partial charge >= 0.3 is 0 Å². The van der Waals surface area contributed by atoms with E-state index in [-0.39, 0.29) is 22.5 Å². The Morgan fingerprint density at radius 3 is 2.14 bits per heavy atom. The molecule has 0 unspecified atom stereocenters. The Kier molecular flexibility index (Phi) is 2.51. The van der Waals surface area contributed by atoms with Crippen molar-refractivity contribution in [1.82, 2.24) is 0 Å². The summed E-state index contributed by atoms with van der Waals surface area (Å²) in [5.41, 5.74) is 0.598. The SMILES string of the molecule is CC(C)(C)c1cc(C=O)c(O)cc1O. The molecule has 0 saturated heterocycles. The summed E-state index contributed by atoms with van der Waals surface area (Å²) in [6.45, 7) is 5.77. The van der Waals surface area contributed by atoms with Gasteiger partial charge in [-0.25, -0.2) is 0 Å². The number of phenolic OH excluding ortho intramolecular Hbond substituents is 2. The van der Waals surface area contributed by atoms with E-state index in [0.29, 0.717) is 11.8 Å². The van der Waals surface area contributed by atoms with Crippen molar-refractivity contribution in [3.8, 4) is 11.5 Å². The number of benzene rings is 1. The van der Waals surface area contributed by atoms with Crippen LogP contribution < -0.4 is 0 Å². The highest BCUT2D eigenvalue weighted by molar-refractivity contribution is 5.80. The number of hydrogen-bond donors (Lipinski definition) is 2. The van der Waals surface area contributed by atoms with Gasteiger partial charge in [0.05, 0.1) is 5.56 Å². The summed E-state index contributed by atoms with van der Waals surface area (Å²) >= 11 is 0. The number of phenols is 2. The van der Waals surface area contributed by atoms with Crippen molar-refractivity contribution in [2.24, 2.45) is 0 Å². The molecule has 1 rings (SSSR count). The summed E-state index contributed by atoms with van der Waals surface area (Å²) in [5.74, 6) is -0.175. The highest BCUT2D eigenvalue weighted by atomic mass is 16.3. The molecule has 3 nitrogen and oxygen atoms in total. The van der Waals surface area contributed by atoms with Crippen LogP contribution in [-0.2, 0) is 5.41 Å². The van der Waals surface area contributed by atoms with Gasteiger partial charge in [-0.3, -0.25) is 4.79 Å². The lowest BCUT2D eigenvalue weighted by atomic mass is 9.85. The topological polar surface area (TPSA) is 57.5 Å². The first-order chi connectivity index (χ1) is 6.36. The zero-order chi connectivity index (χ0) is 10.9. The molecule has 0 spiro atoms. The standard InChI is InChI=1S/C11H14O3/c1-11(2,3)8-4-7(6-12)9(13)5-10(8)14/h4-6,13-14H,1-3H3. The fourth-order valence-electron chi connectivity index (χ4n) is 1.29. The van der Waals surface area contributed by atoms with E-state index in [1.807, 2.05) is 20.8 Å². The molecule has 1 aromatic rings. The molecule has 0 atom stereocenters. The van der Waals surface area contributed by atoms with Crippen molar-refractivity contribution < 1.29 is 15.0 Å². The predicted octanol–water partition coefficient (Wildman–Crippen LogP) is 2.21. The summed E-state index contributed by atoms with van der Waals surface area (Å²) in [4.78, 5) is 10.6. The molecule has 0 saturated carbocycles. The molecule has 0 aliphatic heterocycles. The van der Waals surface area contributed by atoms with Gasteiger partial charge in [-0.2, -0.15) is 0 Å².